The van der Waals surface area contributed by atoms with Crippen molar-refractivity contribution in [3.63, 3.8) is 0 Å². The molecule has 2 heterocycles. The fourth-order valence-electron chi connectivity index (χ4n) is 1.70. The average Bonchev–Trinajstić information content (AvgIpc) is 2.78. The Bertz CT molecular complexity index is 700. The van der Waals surface area contributed by atoms with E-state index < -0.39 is 23.1 Å². The third-order valence-corrected chi connectivity index (χ3v) is 3.84. The summed E-state index contributed by atoms with van der Waals surface area (Å²) in [5.41, 5.74) is -0.370. The molecule has 0 saturated heterocycles. The molecule has 0 unspecified atom stereocenters. The third kappa shape index (κ3) is 3.16. The molecule has 0 aliphatic rings. The summed E-state index contributed by atoms with van der Waals surface area (Å²) in [6, 6.07) is 0.757. The minimum absolute atomic E-state index is 0.0681. The zero-order valence-electron chi connectivity index (χ0n) is 10.8. The second kappa shape index (κ2) is 5.61. The number of halogens is 4. The highest BCUT2D eigenvalue weighted by atomic mass is 35.5. The molecule has 0 N–H and O–H groups in total. The van der Waals surface area contributed by atoms with Crippen molar-refractivity contribution in [2.24, 2.45) is 0 Å². The number of alkyl halides is 3. The van der Waals surface area contributed by atoms with Gasteiger partial charge < -0.3 is 4.74 Å². The lowest BCUT2D eigenvalue weighted by Crippen LogP contribution is -2.10. The number of rotatable bonds is 2. The van der Waals surface area contributed by atoms with Crippen LogP contribution < -0.4 is 0 Å². The van der Waals surface area contributed by atoms with Gasteiger partial charge in [0.05, 0.1) is 12.8 Å². The van der Waals surface area contributed by atoms with Crippen LogP contribution in [0, 0.1) is 6.92 Å². The van der Waals surface area contributed by atoms with Gasteiger partial charge in [-0.25, -0.2) is 14.8 Å². The molecule has 112 valence electrons. The Hall–Kier alpha value is -1.67. The smallest absolute Gasteiger partial charge is 0.433 e. The lowest BCUT2D eigenvalue weighted by molar-refractivity contribution is -0.141. The number of methoxy groups -OCH3 is 1. The topological polar surface area (TPSA) is 52.1 Å². The van der Waals surface area contributed by atoms with Gasteiger partial charge in [0.25, 0.3) is 0 Å². The summed E-state index contributed by atoms with van der Waals surface area (Å²) < 4.78 is 42.9. The van der Waals surface area contributed by atoms with Crippen molar-refractivity contribution in [1.82, 2.24) is 9.97 Å². The van der Waals surface area contributed by atoms with Crippen LogP contribution >= 0.6 is 22.9 Å². The van der Waals surface area contributed by atoms with Gasteiger partial charge in [-0.1, -0.05) is 0 Å². The van der Waals surface area contributed by atoms with Crippen molar-refractivity contribution in [2.75, 3.05) is 7.11 Å². The van der Waals surface area contributed by atoms with Crippen LogP contribution in [0.15, 0.2) is 11.4 Å². The van der Waals surface area contributed by atoms with Crippen LogP contribution in [-0.2, 0) is 10.9 Å². The maximum Gasteiger partial charge on any atom is 0.433 e. The minimum atomic E-state index is -4.66. The van der Waals surface area contributed by atoms with Gasteiger partial charge in [-0.2, -0.15) is 13.2 Å². The fourth-order valence-corrected chi connectivity index (χ4v) is 2.85. The molecular formula is C12H8ClF3N2O2S. The van der Waals surface area contributed by atoms with Gasteiger partial charge in [-0.15, -0.1) is 11.3 Å². The lowest BCUT2D eigenvalue weighted by Gasteiger charge is -2.09. The van der Waals surface area contributed by atoms with Crippen molar-refractivity contribution in [3.05, 3.63) is 32.9 Å². The van der Waals surface area contributed by atoms with E-state index in [0.29, 0.717) is 5.56 Å². The van der Waals surface area contributed by atoms with Gasteiger partial charge in [0, 0.05) is 5.56 Å². The van der Waals surface area contributed by atoms with Gasteiger partial charge in [0.1, 0.15) is 10.6 Å². The monoisotopic (exact) mass is 336 g/mol. The van der Waals surface area contributed by atoms with Crippen LogP contribution in [0.25, 0.3) is 11.3 Å². The van der Waals surface area contributed by atoms with Crippen molar-refractivity contribution in [1.29, 1.82) is 0 Å². The molecular weight excluding hydrogens is 329 g/mol. The van der Waals surface area contributed by atoms with E-state index in [1.807, 2.05) is 0 Å². The van der Waals surface area contributed by atoms with E-state index in [1.54, 1.807) is 12.3 Å². The van der Waals surface area contributed by atoms with Crippen LogP contribution in [0.5, 0.6) is 0 Å². The number of aromatic nitrogens is 2. The first-order valence-electron chi connectivity index (χ1n) is 5.52. The van der Waals surface area contributed by atoms with E-state index in [9.17, 15) is 18.0 Å². The number of carbonyl (C=O) groups is 1. The molecule has 21 heavy (non-hydrogen) atoms. The molecule has 0 aromatic carbocycles. The number of thiophene rings is 1. The minimum Gasteiger partial charge on any atom is -0.465 e. The number of hydrogen-bond donors (Lipinski definition) is 0. The first-order chi connectivity index (χ1) is 9.74. The summed E-state index contributed by atoms with van der Waals surface area (Å²) >= 11 is 6.62. The van der Waals surface area contributed by atoms with Gasteiger partial charge in [0.15, 0.2) is 0 Å². The van der Waals surface area contributed by atoms with Crippen LogP contribution in [0.3, 0.4) is 0 Å². The highest BCUT2D eigenvalue weighted by molar-refractivity contribution is 7.12. The van der Waals surface area contributed by atoms with Crippen LogP contribution in [0.1, 0.15) is 20.9 Å². The average molecular weight is 337 g/mol. The number of nitrogens with zero attached hydrogens (tertiary/aromatic N) is 2. The Morgan fingerprint density at radius 3 is 2.62 bits per heavy atom. The maximum absolute atomic E-state index is 12.8. The first-order valence-corrected chi connectivity index (χ1v) is 6.78. The largest absolute Gasteiger partial charge is 0.465 e. The van der Waals surface area contributed by atoms with Gasteiger partial charge in [-0.3, -0.25) is 0 Å². The molecule has 0 radical (unpaired) electrons. The standard InChI is InChI=1S/C12H8ClF3N2O2S/c1-5-4-21-9(10(19)20-2)8(5)6-3-7(12(14,15)16)18-11(13)17-6/h3-4H,1-2H3. The maximum atomic E-state index is 12.8. The lowest BCUT2D eigenvalue weighted by atomic mass is 10.1. The summed E-state index contributed by atoms with van der Waals surface area (Å²) in [5.74, 6) is -0.647. The van der Waals surface area contributed by atoms with E-state index in [-0.39, 0.29) is 16.1 Å². The quantitative estimate of drug-likeness (QED) is 0.615. The summed E-state index contributed by atoms with van der Waals surface area (Å²) in [4.78, 5) is 18.8. The van der Waals surface area contributed by atoms with Gasteiger partial charge in [-0.05, 0) is 35.5 Å². The third-order valence-electron chi connectivity index (χ3n) is 2.59. The Labute approximate surface area is 126 Å². The molecule has 0 bridgehead atoms. The molecule has 2 aromatic rings. The van der Waals surface area contributed by atoms with Crippen LogP contribution in [0.4, 0.5) is 13.2 Å². The first kappa shape index (κ1) is 15.7. The summed E-state index contributed by atoms with van der Waals surface area (Å²) in [6.07, 6.45) is -4.66. The van der Waals surface area contributed by atoms with Crippen LogP contribution in [0.2, 0.25) is 5.28 Å². The Morgan fingerprint density at radius 2 is 2.05 bits per heavy atom. The number of hydrogen-bond acceptors (Lipinski definition) is 5. The van der Waals surface area contributed by atoms with Gasteiger partial charge >= 0.3 is 12.1 Å². The Balaban J connectivity index is 2.65. The van der Waals surface area contributed by atoms with Crippen molar-refractivity contribution < 1.29 is 22.7 Å². The van der Waals surface area contributed by atoms with Crippen LogP contribution in [-0.4, -0.2) is 23.0 Å². The molecule has 0 amide bonds. The van der Waals surface area contributed by atoms with Gasteiger partial charge in [0.2, 0.25) is 5.28 Å². The van der Waals surface area contributed by atoms with E-state index in [4.69, 9.17) is 11.6 Å². The molecule has 2 rings (SSSR count). The molecule has 9 heteroatoms. The summed E-state index contributed by atoms with van der Waals surface area (Å²) in [7, 11) is 1.19. The molecule has 4 nitrogen and oxygen atoms in total. The SMILES string of the molecule is COC(=O)c1scc(C)c1-c1cc(C(F)(F)F)nc(Cl)n1. The molecule has 0 fully saturated rings. The molecule has 0 aliphatic heterocycles. The second-order valence-corrected chi connectivity index (χ2v) is 5.24. The number of esters is 1. The van der Waals surface area contributed by atoms with E-state index >= 15 is 0 Å². The highest BCUT2D eigenvalue weighted by Crippen LogP contribution is 2.35. The van der Waals surface area contributed by atoms with E-state index in [2.05, 4.69) is 14.7 Å². The van der Waals surface area contributed by atoms with Crippen molar-refractivity contribution in [3.8, 4) is 11.3 Å². The normalized spacial score (nSPS) is 11.5. The van der Waals surface area contributed by atoms with E-state index in [1.165, 1.54) is 7.11 Å². The molecule has 0 aliphatic carbocycles. The molecule has 0 spiro atoms. The zero-order valence-corrected chi connectivity index (χ0v) is 12.4. The second-order valence-electron chi connectivity index (χ2n) is 4.02. The van der Waals surface area contributed by atoms with Crippen molar-refractivity contribution in [2.45, 2.75) is 13.1 Å². The zero-order chi connectivity index (χ0) is 15.8. The number of ether oxygens (including phenoxy) is 1. The fraction of sp³-hybridized carbons (Fsp3) is 0.250. The molecule has 0 saturated carbocycles. The Morgan fingerprint density at radius 1 is 1.38 bits per heavy atom. The summed E-state index contributed by atoms with van der Waals surface area (Å²) in [5, 5.41) is 1.09. The number of carbonyl (C=O) groups excluding carboxylic acids is 1. The predicted octanol–water partition coefficient (Wildman–Crippen LogP) is 3.97. The molecule has 2 aromatic heterocycles. The van der Waals surface area contributed by atoms with E-state index in [0.717, 1.165) is 17.4 Å². The highest BCUT2D eigenvalue weighted by Gasteiger charge is 2.34. The van der Waals surface area contributed by atoms with Crippen molar-refractivity contribution >= 4 is 28.9 Å². The Kier molecular flexibility index (Phi) is 4.20. The predicted molar refractivity (Wildman–Crippen MR) is 71.4 cm³/mol. The molecule has 0 atom stereocenters. The number of aryl methyl sites for hydroxylation is 1. The summed E-state index contributed by atoms with van der Waals surface area (Å²) in [6.45, 7) is 1.65.